The van der Waals surface area contributed by atoms with Crippen LogP contribution in [0.3, 0.4) is 0 Å². The van der Waals surface area contributed by atoms with Crippen molar-refractivity contribution in [3.05, 3.63) is 75.8 Å². The van der Waals surface area contributed by atoms with Crippen LogP contribution in [0.2, 0.25) is 0 Å². The van der Waals surface area contributed by atoms with Crippen LogP contribution in [0.15, 0.2) is 53.4 Å². The second-order valence-electron chi connectivity index (χ2n) is 7.54. The Balaban J connectivity index is 1.34. The first-order chi connectivity index (χ1) is 14.9. The number of amides is 3. The van der Waals surface area contributed by atoms with Crippen LogP contribution in [0.5, 0.6) is 0 Å². The van der Waals surface area contributed by atoms with Crippen LogP contribution in [0, 0.1) is 13.8 Å². The third-order valence-corrected chi connectivity index (χ3v) is 6.18. The summed E-state index contributed by atoms with van der Waals surface area (Å²) in [5.74, 6) is -0.465. The van der Waals surface area contributed by atoms with E-state index < -0.39 is 0 Å². The molecule has 31 heavy (non-hydrogen) atoms. The van der Waals surface area contributed by atoms with Gasteiger partial charge in [-0.05, 0) is 48.9 Å². The fourth-order valence-electron chi connectivity index (χ4n) is 3.60. The molecule has 1 aliphatic rings. The Morgan fingerprint density at radius 3 is 2.61 bits per heavy atom. The molecule has 7 heteroatoms. The van der Waals surface area contributed by atoms with Gasteiger partial charge in [0.25, 0.3) is 11.1 Å². The van der Waals surface area contributed by atoms with Crippen LogP contribution in [0.4, 0.5) is 4.79 Å². The number of nitrogens with zero attached hydrogens (tertiary/aromatic N) is 1. The lowest BCUT2D eigenvalue weighted by molar-refractivity contribution is -0.124. The number of thioether (sulfide) groups is 1. The molecule has 0 aliphatic carbocycles. The largest absolute Gasteiger partial charge is 0.358 e. The maximum atomic E-state index is 12.6. The van der Waals surface area contributed by atoms with E-state index in [0.717, 1.165) is 45.0 Å². The van der Waals surface area contributed by atoms with Crippen molar-refractivity contribution in [2.75, 3.05) is 13.1 Å². The molecule has 1 aliphatic heterocycles. The number of aromatic nitrogens is 1. The fraction of sp³-hybridized carbons (Fsp3) is 0.208. The lowest BCUT2D eigenvalue weighted by Crippen LogP contribution is -2.37. The van der Waals surface area contributed by atoms with Crippen molar-refractivity contribution >= 4 is 45.8 Å². The molecule has 2 heterocycles. The van der Waals surface area contributed by atoms with Gasteiger partial charge in [-0.2, -0.15) is 0 Å². The van der Waals surface area contributed by atoms with Crippen molar-refractivity contribution in [2.45, 2.75) is 20.3 Å². The quantitative estimate of drug-likeness (QED) is 0.572. The van der Waals surface area contributed by atoms with Crippen LogP contribution in [0.25, 0.3) is 17.0 Å². The van der Waals surface area contributed by atoms with Crippen LogP contribution in [0.1, 0.15) is 22.4 Å². The predicted molar refractivity (Wildman–Crippen MR) is 124 cm³/mol. The monoisotopic (exact) mass is 433 g/mol. The summed E-state index contributed by atoms with van der Waals surface area (Å²) in [5, 5.41) is 3.54. The summed E-state index contributed by atoms with van der Waals surface area (Å²) in [6.45, 7) is 4.31. The van der Waals surface area contributed by atoms with Gasteiger partial charge in [-0.25, -0.2) is 0 Å². The highest BCUT2D eigenvalue weighted by Crippen LogP contribution is 2.32. The maximum absolute atomic E-state index is 12.6. The number of aryl methyl sites for hydroxylation is 2. The molecule has 0 bridgehead atoms. The smallest absolute Gasteiger partial charge is 0.293 e. The molecule has 2 aromatic carbocycles. The van der Waals surface area contributed by atoms with E-state index >= 15 is 0 Å². The van der Waals surface area contributed by atoms with E-state index in [9.17, 15) is 14.4 Å². The molecule has 1 aromatic heterocycles. The van der Waals surface area contributed by atoms with Gasteiger partial charge in [-0.3, -0.25) is 19.3 Å². The highest BCUT2D eigenvalue weighted by Gasteiger charge is 2.34. The average molecular weight is 434 g/mol. The van der Waals surface area contributed by atoms with Crippen LogP contribution >= 0.6 is 11.8 Å². The highest BCUT2D eigenvalue weighted by atomic mass is 32.2. The number of para-hydroxylation sites is 1. The SMILES string of the molecule is Cc1ccc(/C=C2\SC(=O)N(CCNC(=O)Cc3c(C)[nH]c4ccccc34)C2=O)cc1. The Morgan fingerprint density at radius 2 is 1.84 bits per heavy atom. The van der Waals surface area contributed by atoms with E-state index in [0.29, 0.717) is 4.91 Å². The summed E-state index contributed by atoms with van der Waals surface area (Å²) in [4.78, 5) is 42.2. The molecular formula is C24H23N3O3S. The molecule has 1 saturated heterocycles. The van der Waals surface area contributed by atoms with Crippen molar-refractivity contribution in [1.82, 2.24) is 15.2 Å². The number of imide groups is 1. The van der Waals surface area contributed by atoms with Gasteiger partial charge in [0.05, 0.1) is 11.3 Å². The summed E-state index contributed by atoms with van der Waals surface area (Å²) < 4.78 is 0. The number of benzene rings is 2. The van der Waals surface area contributed by atoms with Crippen molar-refractivity contribution in [3.63, 3.8) is 0 Å². The van der Waals surface area contributed by atoms with Gasteiger partial charge in [-0.1, -0.05) is 48.0 Å². The second-order valence-corrected chi connectivity index (χ2v) is 8.54. The lowest BCUT2D eigenvalue weighted by Gasteiger charge is -2.13. The van der Waals surface area contributed by atoms with Crippen LogP contribution in [-0.2, 0) is 16.0 Å². The van der Waals surface area contributed by atoms with Crippen LogP contribution < -0.4 is 5.32 Å². The normalized spacial score (nSPS) is 15.3. The Labute approximate surface area is 184 Å². The maximum Gasteiger partial charge on any atom is 0.293 e. The number of hydrogen-bond acceptors (Lipinski definition) is 4. The number of rotatable bonds is 6. The molecule has 3 amide bonds. The number of H-pyrrole nitrogens is 1. The van der Waals surface area contributed by atoms with E-state index in [1.165, 1.54) is 4.90 Å². The molecule has 0 radical (unpaired) electrons. The third-order valence-electron chi connectivity index (χ3n) is 5.27. The predicted octanol–water partition coefficient (Wildman–Crippen LogP) is 4.18. The van der Waals surface area contributed by atoms with E-state index in [1.54, 1.807) is 6.08 Å². The first-order valence-electron chi connectivity index (χ1n) is 10.1. The molecule has 1 fully saturated rings. The Morgan fingerprint density at radius 1 is 1.10 bits per heavy atom. The van der Waals surface area contributed by atoms with E-state index in [-0.39, 0.29) is 36.6 Å². The third kappa shape index (κ3) is 4.56. The fourth-order valence-corrected chi connectivity index (χ4v) is 4.46. The summed E-state index contributed by atoms with van der Waals surface area (Å²) in [7, 11) is 0. The summed E-state index contributed by atoms with van der Waals surface area (Å²) in [5.41, 5.74) is 4.92. The minimum absolute atomic E-state index is 0.143. The van der Waals surface area contributed by atoms with Gasteiger partial charge >= 0.3 is 0 Å². The Bertz CT molecular complexity index is 1190. The molecule has 2 N–H and O–H groups in total. The minimum Gasteiger partial charge on any atom is -0.358 e. The van der Waals surface area contributed by atoms with Gasteiger partial charge in [0.15, 0.2) is 0 Å². The molecule has 3 aromatic rings. The molecule has 0 unspecified atom stereocenters. The highest BCUT2D eigenvalue weighted by molar-refractivity contribution is 8.18. The first kappa shape index (κ1) is 20.9. The summed E-state index contributed by atoms with van der Waals surface area (Å²) in [6.07, 6.45) is 1.97. The van der Waals surface area contributed by atoms with Gasteiger partial charge in [-0.15, -0.1) is 0 Å². The molecule has 0 atom stereocenters. The topological polar surface area (TPSA) is 82.3 Å². The number of fused-ring (bicyclic) bond motifs is 1. The zero-order valence-corrected chi connectivity index (χ0v) is 18.2. The zero-order valence-electron chi connectivity index (χ0n) is 17.4. The van der Waals surface area contributed by atoms with Crippen LogP contribution in [-0.4, -0.2) is 40.0 Å². The van der Waals surface area contributed by atoms with Gasteiger partial charge in [0, 0.05) is 29.7 Å². The number of carbonyl (C=O) groups is 3. The number of nitrogens with one attached hydrogen (secondary N) is 2. The molecule has 0 saturated carbocycles. The molecule has 158 valence electrons. The van der Waals surface area contributed by atoms with E-state index in [1.807, 2.05) is 62.4 Å². The number of carbonyl (C=O) groups excluding carboxylic acids is 3. The molecular weight excluding hydrogens is 410 g/mol. The Hall–Kier alpha value is -3.32. The van der Waals surface area contributed by atoms with Gasteiger partial charge in [0.2, 0.25) is 5.91 Å². The first-order valence-corrected chi connectivity index (χ1v) is 10.9. The van der Waals surface area contributed by atoms with Crippen molar-refractivity contribution in [3.8, 4) is 0 Å². The van der Waals surface area contributed by atoms with E-state index in [4.69, 9.17) is 0 Å². The van der Waals surface area contributed by atoms with Gasteiger partial charge < -0.3 is 10.3 Å². The summed E-state index contributed by atoms with van der Waals surface area (Å²) in [6, 6.07) is 15.6. The number of aromatic amines is 1. The standard InChI is InChI=1S/C24H23N3O3S/c1-15-7-9-17(10-8-15)13-21-23(29)27(24(30)31-21)12-11-25-22(28)14-19-16(2)26-20-6-4-3-5-18(19)20/h3-10,13,26H,11-12,14H2,1-2H3,(H,25,28)/b21-13-. The average Bonchev–Trinajstić information content (AvgIpc) is 3.20. The Kier molecular flexibility index (Phi) is 5.95. The zero-order chi connectivity index (χ0) is 22.0. The molecule has 6 nitrogen and oxygen atoms in total. The molecule has 0 spiro atoms. The van der Waals surface area contributed by atoms with Crippen molar-refractivity contribution < 1.29 is 14.4 Å². The minimum atomic E-state index is -0.322. The number of hydrogen-bond donors (Lipinski definition) is 2. The second kappa shape index (κ2) is 8.81. The van der Waals surface area contributed by atoms with Crippen molar-refractivity contribution in [1.29, 1.82) is 0 Å². The van der Waals surface area contributed by atoms with Crippen molar-refractivity contribution in [2.24, 2.45) is 0 Å². The lowest BCUT2D eigenvalue weighted by atomic mass is 10.1. The van der Waals surface area contributed by atoms with E-state index in [2.05, 4.69) is 10.3 Å². The van der Waals surface area contributed by atoms with Gasteiger partial charge in [0.1, 0.15) is 0 Å². The molecule has 4 rings (SSSR count). The summed E-state index contributed by atoms with van der Waals surface area (Å²) >= 11 is 0.929.